The lowest BCUT2D eigenvalue weighted by Gasteiger charge is -2.17. The van der Waals surface area contributed by atoms with Gasteiger partial charge in [-0.25, -0.2) is 23.5 Å². The summed E-state index contributed by atoms with van der Waals surface area (Å²) in [6.07, 6.45) is 6.25. The molecule has 0 unspecified atom stereocenters. The number of hydrogen-bond acceptors (Lipinski definition) is 6. The summed E-state index contributed by atoms with van der Waals surface area (Å²) in [6.45, 7) is 2.03. The van der Waals surface area contributed by atoms with Crippen molar-refractivity contribution in [1.29, 1.82) is 0 Å². The van der Waals surface area contributed by atoms with Crippen LogP contribution >= 0.6 is 11.3 Å². The van der Waals surface area contributed by atoms with Crippen molar-refractivity contribution >= 4 is 37.4 Å². The van der Waals surface area contributed by atoms with Crippen LogP contribution in [0.15, 0.2) is 35.5 Å². The van der Waals surface area contributed by atoms with Crippen molar-refractivity contribution in [2.24, 2.45) is 5.14 Å². The fraction of sp³-hybridized carbons (Fsp3) is 0.333. The molecule has 8 heteroatoms. The van der Waals surface area contributed by atoms with E-state index in [9.17, 15) is 8.42 Å². The van der Waals surface area contributed by atoms with E-state index in [0.717, 1.165) is 34.4 Å². The van der Waals surface area contributed by atoms with Crippen LogP contribution in [0.1, 0.15) is 41.8 Å². The second-order valence-corrected chi connectivity index (χ2v) is 9.24. The summed E-state index contributed by atoms with van der Waals surface area (Å²) in [5.41, 5.74) is 2.35. The smallest absolute Gasteiger partial charge is 0.238 e. The van der Waals surface area contributed by atoms with E-state index in [1.54, 1.807) is 29.8 Å². The van der Waals surface area contributed by atoms with Crippen molar-refractivity contribution in [3.05, 3.63) is 46.6 Å². The molecule has 0 radical (unpaired) electrons. The minimum atomic E-state index is -3.68. The Morgan fingerprint density at radius 1 is 1.15 bits per heavy atom. The van der Waals surface area contributed by atoms with Gasteiger partial charge in [-0.05, 0) is 55.9 Å². The zero-order chi connectivity index (χ0) is 18.3. The molecule has 6 nitrogen and oxygen atoms in total. The first-order chi connectivity index (χ1) is 12.4. The van der Waals surface area contributed by atoms with E-state index in [0.29, 0.717) is 0 Å². The monoisotopic (exact) mass is 388 g/mol. The van der Waals surface area contributed by atoms with Gasteiger partial charge in [0.1, 0.15) is 17.0 Å². The Morgan fingerprint density at radius 3 is 2.62 bits per heavy atom. The number of hydrogen-bond donors (Lipinski definition) is 2. The predicted molar refractivity (Wildman–Crippen MR) is 104 cm³/mol. The molecular formula is C18H20N4O2S2. The van der Waals surface area contributed by atoms with Crippen LogP contribution < -0.4 is 10.5 Å². The second-order valence-electron chi connectivity index (χ2n) is 6.59. The summed E-state index contributed by atoms with van der Waals surface area (Å²) >= 11 is 1.77. The van der Waals surface area contributed by atoms with Gasteiger partial charge in [0.05, 0.1) is 10.3 Å². The van der Waals surface area contributed by atoms with E-state index in [-0.39, 0.29) is 10.9 Å². The quantitative estimate of drug-likeness (QED) is 0.714. The average molecular weight is 389 g/mol. The summed E-state index contributed by atoms with van der Waals surface area (Å²) in [5.74, 6) is 0.845. The van der Waals surface area contributed by atoms with Gasteiger partial charge in [-0.1, -0.05) is 12.1 Å². The zero-order valence-electron chi connectivity index (χ0n) is 14.4. The van der Waals surface area contributed by atoms with Crippen LogP contribution in [0.25, 0.3) is 10.2 Å². The molecule has 0 saturated carbocycles. The highest BCUT2D eigenvalue weighted by atomic mass is 32.2. The maximum Gasteiger partial charge on any atom is 0.238 e. The van der Waals surface area contributed by atoms with E-state index in [4.69, 9.17) is 5.14 Å². The number of anilines is 1. The largest absolute Gasteiger partial charge is 0.363 e. The molecule has 2 heterocycles. The lowest BCUT2D eigenvalue weighted by atomic mass is 9.97. The van der Waals surface area contributed by atoms with Gasteiger partial charge in [0.2, 0.25) is 10.0 Å². The molecule has 136 valence electrons. The third-order valence-electron chi connectivity index (χ3n) is 4.81. The van der Waals surface area contributed by atoms with Crippen LogP contribution in [0.3, 0.4) is 0 Å². The number of rotatable bonds is 4. The lowest BCUT2D eigenvalue weighted by molar-refractivity contribution is 0.597. The predicted octanol–water partition coefficient (Wildman–Crippen LogP) is 3.39. The number of thiophene rings is 1. The topological polar surface area (TPSA) is 98.0 Å². The maximum absolute atomic E-state index is 11.4. The first kappa shape index (κ1) is 17.4. The number of nitrogens with one attached hydrogen (secondary N) is 1. The molecule has 2 aromatic heterocycles. The van der Waals surface area contributed by atoms with Crippen molar-refractivity contribution in [3.8, 4) is 0 Å². The van der Waals surface area contributed by atoms with Crippen molar-refractivity contribution < 1.29 is 8.42 Å². The number of primary sulfonamides is 1. The molecule has 0 saturated heterocycles. The Morgan fingerprint density at radius 2 is 1.88 bits per heavy atom. The van der Waals surface area contributed by atoms with E-state index >= 15 is 0 Å². The molecule has 0 bridgehead atoms. The minimum absolute atomic E-state index is 0.0261. The summed E-state index contributed by atoms with van der Waals surface area (Å²) < 4.78 is 22.8. The second kappa shape index (κ2) is 6.61. The number of fused-ring (bicyclic) bond motifs is 3. The van der Waals surface area contributed by atoms with Crippen molar-refractivity contribution in [2.75, 3.05) is 5.32 Å². The van der Waals surface area contributed by atoms with Crippen LogP contribution in [0.2, 0.25) is 0 Å². The van der Waals surface area contributed by atoms with E-state index in [2.05, 4.69) is 15.3 Å². The zero-order valence-corrected chi connectivity index (χ0v) is 16.0. The minimum Gasteiger partial charge on any atom is -0.363 e. The average Bonchev–Trinajstić information content (AvgIpc) is 3.00. The van der Waals surface area contributed by atoms with Gasteiger partial charge in [-0.3, -0.25) is 0 Å². The van der Waals surface area contributed by atoms with Crippen LogP contribution in [0.5, 0.6) is 0 Å². The summed E-state index contributed by atoms with van der Waals surface area (Å²) in [6, 6.07) is 6.59. The Balaban J connectivity index is 1.66. The first-order valence-corrected chi connectivity index (χ1v) is 10.9. The number of nitrogens with two attached hydrogens (primary N) is 1. The van der Waals surface area contributed by atoms with Crippen molar-refractivity contribution in [2.45, 2.75) is 43.5 Å². The molecular weight excluding hydrogens is 368 g/mol. The Kier molecular flexibility index (Phi) is 4.42. The van der Waals surface area contributed by atoms with Gasteiger partial charge in [-0.2, -0.15) is 0 Å². The Bertz CT molecular complexity index is 1060. The SMILES string of the molecule is C[C@H](Nc1ncnc2sc3c(c12)CCCC3)c1ccc(S(N)(=O)=O)cc1. The van der Waals surface area contributed by atoms with Crippen molar-refractivity contribution in [3.63, 3.8) is 0 Å². The normalized spacial score (nSPS) is 15.6. The van der Waals surface area contributed by atoms with E-state index < -0.39 is 10.0 Å². The molecule has 1 aromatic carbocycles. The van der Waals surface area contributed by atoms with Gasteiger partial charge >= 0.3 is 0 Å². The fourth-order valence-corrected chi connectivity index (χ4v) is 5.18. The molecule has 1 aliphatic carbocycles. The molecule has 1 atom stereocenters. The highest BCUT2D eigenvalue weighted by molar-refractivity contribution is 7.89. The van der Waals surface area contributed by atoms with Gasteiger partial charge < -0.3 is 5.32 Å². The summed E-state index contributed by atoms with van der Waals surface area (Å²) in [4.78, 5) is 11.5. The van der Waals surface area contributed by atoms with Gasteiger partial charge in [0.25, 0.3) is 0 Å². The van der Waals surface area contributed by atoms with Crippen LogP contribution in [0, 0.1) is 0 Å². The molecule has 0 amide bonds. The first-order valence-electron chi connectivity index (χ1n) is 8.58. The molecule has 0 spiro atoms. The summed E-state index contributed by atoms with van der Waals surface area (Å²) in [7, 11) is -3.68. The molecule has 26 heavy (non-hydrogen) atoms. The van der Waals surface area contributed by atoms with Crippen LogP contribution in [-0.2, 0) is 22.9 Å². The molecule has 3 aromatic rings. The Labute approximate surface area is 156 Å². The highest BCUT2D eigenvalue weighted by Crippen LogP contribution is 2.38. The Hall–Kier alpha value is -2.03. The van der Waals surface area contributed by atoms with Crippen LogP contribution in [0.4, 0.5) is 5.82 Å². The molecule has 4 rings (SSSR count). The third-order valence-corrected chi connectivity index (χ3v) is 6.94. The van der Waals surface area contributed by atoms with Crippen LogP contribution in [-0.4, -0.2) is 18.4 Å². The van der Waals surface area contributed by atoms with E-state index in [1.807, 2.05) is 6.92 Å². The van der Waals surface area contributed by atoms with E-state index in [1.165, 1.54) is 35.4 Å². The fourth-order valence-electron chi connectivity index (χ4n) is 3.43. The number of nitrogens with zero attached hydrogens (tertiary/aromatic N) is 2. The maximum atomic E-state index is 11.4. The number of aryl methyl sites for hydroxylation is 2. The van der Waals surface area contributed by atoms with Crippen molar-refractivity contribution in [1.82, 2.24) is 9.97 Å². The number of sulfonamides is 1. The molecule has 0 aliphatic heterocycles. The lowest BCUT2D eigenvalue weighted by Crippen LogP contribution is -2.13. The summed E-state index contributed by atoms with van der Waals surface area (Å²) in [5, 5.41) is 9.77. The molecule has 0 fully saturated rings. The highest BCUT2D eigenvalue weighted by Gasteiger charge is 2.20. The molecule has 3 N–H and O–H groups in total. The number of aromatic nitrogens is 2. The standard InChI is InChI=1S/C18H20N4O2S2/c1-11(12-6-8-13(9-7-12)26(19,23)24)22-17-16-14-4-2-3-5-15(14)25-18(16)21-10-20-17/h6-11H,2-5H2,1H3,(H2,19,23,24)(H,20,21,22)/t11-/m0/s1. The third kappa shape index (κ3) is 3.20. The van der Waals surface area contributed by atoms with Gasteiger partial charge in [0.15, 0.2) is 0 Å². The van der Waals surface area contributed by atoms with Gasteiger partial charge in [-0.15, -0.1) is 11.3 Å². The molecule has 1 aliphatic rings. The van der Waals surface area contributed by atoms with Gasteiger partial charge in [0, 0.05) is 10.9 Å². The number of benzene rings is 1.